The minimum atomic E-state index is -0.452. The van der Waals surface area contributed by atoms with Crippen LogP contribution < -0.4 is 20.9 Å². The zero-order chi connectivity index (χ0) is 19.1. The van der Waals surface area contributed by atoms with E-state index >= 15 is 0 Å². The fourth-order valence-electron chi connectivity index (χ4n) is 2.10. The lowest BCUT2D eigenvalue weighted by atomic mass is 10.1. The molecule has 0 aliphatic carbocycles. The van der Waals surface area contributed by atoms with Crippen LogP contribution in [0.5, 0.6) is 5.75 Å². The van der Waals surface area contributed by atoms with Gasteiger partial charge >= 0.3 is 0 Å². The first-order chi connectivity index (χ1) is 12.4. The molecule has 0 heterocycles. The molecule has 26 heavy (non-hydrogen) atoms. The highest BCUT2D eigenvalue weighted by atomic mass is 35.5. The molecule has 0 fully saturated rings. The highest BCUT2D eigenvalue weighted by Gasteiger charge is 2.09. The predicted molar refractivity (Wildman–Crippen MR) is 104 cm³/mol. The van der Waals surface area contributed by atoms with Crippen molar-refractivity contribution in [3.8, 4) is 5.75 Å². The summed E-state index contributed by atoms with van der Waals surface area (Å²) in [6.45, 7) is 3.50. The van der Waals surface area contributed by atoms with Gasteiger partial charge in [-0.15, -0.1) is 0 Å². The normalized spacial score (nSPS) is 9.96. The van der Waals surface area contributed by atoms with E-state index in [1.54, 1.807) is 42.5 Å². The first kappa shape index (κ1) is 19.7. The lowest BCUT2D eigenvalue weighted by Crippen LogP contribution is -2.49. The van der Waals surface area contributed by atoms with Crippen LogP contribution in [0.3, 0.4) is 0 Å². The number of hydrogen-bond donors (Lipinski definition) is 3. The Balaban J connectivity index is 1.76. The summed E-state index contributed by atoms with van der Waals surface area (Å²) < 4.78 is 5.43. The van der Waals surface area contributed by atoms with Crippen molar-refractivity contribution < 1.29 is 14.3 Å². The summed E-state index contributed by atoms with van der Waals surface area (Å²) in [5, 5.41) is 3.10. The van der Waals surface area contributed by atoms with Gasteiger partial charge in [-0.3, -0.25) is 25.8 Å². The van der Waals surface area contributed by atoms with Crippen LogP contribution in [0, 0.1) is 13.8 Å². The molecule has 0 atom stereocenters. The molecule has 2 aromatic rings. The Labute approximate surface area is 161 Å². The van der Waals surface area contributed by atoms with Crippen molar-refractivity contribution in [1.82, 2.24) is 16.2 Å². The van der Waals surface area contributed by atoms with Crippen molar-refractivity contribution in [3.05, 3.63) is 64.2 Å². The number of benzene rings is 2. The molecule has 0 radical (unpaired) electrons. The molecule has 136 valence electrons. The van der Waals surface area contributed by atoms with Crippen molar-refractivity contribution in [2.45, 2.75) is 13.8 Å². The third-order valence-electron chi connectivity index (χ3n) is 3.36. The number of hydrogen-bond acceptors (Lipinski definition) is 4. The minimum absolute atomic E-state index is 0.0228. The molecule has 6 nitrogen and oxygen atoms in total. The van der Waals surface area contributed by atoms with Crippen LogP contribution in [0.1, 0.15) is 21.5 Å². The van der Waals surface area contributed by atoms with Gasteiger partial charge in [-0.1, -0.05) is 29.8 Å². The molecule has 3 N–H and O–H groups in total. The number of amides is 2. The average Bonchev–Trinajstić information content (AvgIpc) is 2.63. The molecule has 2 amide bonds. The van der Waals surface area contributed by atoms with Crippen LogP contribution in [-0.4, -0.2) is 23.5 Å². The van der Waals surface area contributed by atoms with Crippen molar-refractivity contribution in [2.24, 2.45) is 0 Å². The maximum absolute atomic E-state index is 11.9. The molecule has 0 saturated carbocycles. The molecule has 2 rings (SSSR count). The second-order valence-corrected chi connectivity index (χ2v) is 6.27. The maximum atomic E-state index is 11.9. The quantitative estimate of drug-likeness (QED) is 0.551. The minimum Gasteiger partial charge on any atom is -0.484 e. The number of carbonyl (C=O) groups is 2. The molecule has 0 aliphatic rings. The van der Waals surface area contributed by atoms with Crippen molar-refractivity contribution in [3.63, 3.8) is 0 Å². The van der Waals surface area contributed by atoms with E-state index in [4.69, 9.17) is 28.6 Å². The summed E-state index contributed by atoms with van der Waals surface area (Å²) in [5.74, 6) is -0.285. The van der Waals surface area contributed by atoms with E-state index in [-0.39, 0.29) is 17.6 Å². The highest BCUT2D eigenvalue weighted by molar-refractivity contribution is 7.80. The topological polar surface area (TPSA) is 79.5 Å². The number of thiocarbonyl (C=S) groups is 1. The summed E-state index contributed by atoms with van der Waals surface area (Å²) in [4.78, 5) is 23.7. The van der Waals surface area contributed by atoms with Gasteiger partial charge in [-0.25, -0.2) is 0 Å². The molecular weight excluding hydrogens is 374 g/mol. The van der Waals surface area contributed by atoms with Gasteiger partial charge in [0, 0.05) is 10.6 Å². The third-order valence-corrected chi connectivity index (χ3v) is 4.16. The number of aryl methyl sites for hydroxylation is 2. The molecule has 8 heteroatoms. The number of halogens is 1. The zero-order valence-electron chi connectivity index (χ0n) is 14.3. The Morgan fingerprint density at radius 3 is 2.31 bits per heavy atom. The first-order valence-electron chi connectivity index (χ1n) is 7.71. The SMILES string of the molecule is Cc1cc(OCC(=O)NNC(=S)NC(=O)c2ccccc2)cc(C)c1Cl. The zero-order valence-corrected chi connectivity index (χ0v) is 15.8. The summed E-state index contributed by atoms with van der Waals surface area (Å²) in [6.07, 6.45) is 0. The Hall–Kier alpha value is -2.64. The third kappa shape index (κ3) is 5.72. The van der Waals surface area contributed by atoms with Gasteiger partial charge in [0.2, 0.25) is 0 Å². The molecule has 0 bridgehead atoms. The second kappa shape index (κ2) is 9.17. The first-order valence-corrected chi connectivity index (χ1v) is 8.50. The summed E-state index contributed by atoms with van der Waals surface area (Å²) in [6, 6.07) is 12.1. The van der Waals surface area contributed by atoms with E-state index in [9.17, 15) is 9.59 Å². The molecule has 0 aliphatic heterocycles. The van der Waals surface area contributed by atoms with Crippen molar-refractivity contribution >= 4 is 40.7 Å². The van der Waals surface area contributed by atoms with Crippen LogP contribution >= 0.6 is 23.8 Å². The molecule has 0 aromatic heterocycles. The fourth-order valence-corrected chi connectivity index (χ4v) is 2.35. The summed E-state index contributed by atoms with van der Waals surface area (Å²) in [7, 11) is 0. The van der Waals surface area contributed by atoms with Crippen molar-refractivity contribution in [1.29, 1.82) is 0 Å². The van der Waals surface area contributed by atoms with Gasteiger partial charge < -0.3 is 4.74 Å². The van der Waals surface area contributed by atoms with Gasteiger partial charge in [0.1, 0.15) is 5.75 Å². The maximum Gasteiger partial charge on any atom is 0.276 e. The van der Waals surface area contributed by atoms with E-state index in [0.29, 0.717) is 16.3 Å². The van der Waals surface area contributed by atoms with Gasteiger partial charge in [-0.2, -0.15) is 0 Å². The van der Waals surface area contributed by atoms with Crippen molar-refractivity contribution in [2.75, 3.05) is 6.61 Å². The van der Waals surface area contributed by atoms with Crippen LogP contribution in [-0.2, 0) is 4.79 Å². The second-order valence-electron chi connectivity index (χ2n) is 5.48. The van der Waals surface area contributed by atoms with Gasteiger partial charge in [0.05, 0.1) is 0 Å². The monoisotopic (exact) mass is 391 g/mol. The standard InChI is InChI=1S/C18H18ClN3O3S/c1-11-8-14(9-12(2)16(11)19)25-10-15(23)21-22-18(26)20-17(24)13-6-4-3-5-7-13/h3-9H,10H2,1-2H3,(H,21,23)(H2,20,22,24,26). The van der Waals surface area contributed by atoms with Crippen LogP contribution in [0.4, 0.5) is 0 Å². The smallest absolute Gasteiger partial charge is 0.276 e. The Kier molecular flexibility index (Phi) is 6.94. The van der Waals surface area contributed by atoms with Gasteiger partial charge in [0.25, 0.3) is 11.8 Å². The lowest BCUT2D eigenvalue weighted by Gasteiger charge is -2.12. The Bertz CT molecular complexity index is 805. The number of rotatable bonds is 4. The Morgan fingerprint density at radius 1 is 1.08 bits per heavy atom. The highest BCUT2D eigenvalue weighted by Crippen LogP contribution is 2.25. The number of ether oxygens (including phenoxy) is 1. The van der Waals surface area contributed by atoms with E-state index in [1.165, 1.54) is 0 Å². The van der Waals surface area contributed by atoms with E-state index in [1.807, 2.05) is 13.8 Å². The molecule has 0 spiro atoms. The van der Waals surface area contributed by atoms with Crippen LogP contribution in [0.15, 0.2) is 42.5 Å². The van der Waals surface area contributed by atoms with E-state index in [2.05, 4.69) is 16.2 Å². The van der Waals surface area contributed by atoms with E-state index in [0.717, 1.165) is 11.1 Å². The van der Waals surface area contributed by atoms with Gasteiger partial charge in [0.15, 0.2) is 11.7 Å². The predicted octanol–water partition coefficient (Wildman–Crippen LogP) is 2.67. The fraction of sp³-hybridized carbons (Fsp3) is 0.167. The van der Waals surface area contributed by atoms with Crippen LogP contribution in [0.25, 0.3) is 0 Å². The summed E-state index contributed by atoms with van der Waals surface area (Å²) >= 11 is 11.1. The van der Waals surface area contributed by atoms with E-state index < -0.39 is 5.91 Å². The largest absolute Gasteiger partial charge is 0.484 e. The molecule has 2 aromatic carbocycles. The number of hydrazine groups is 1. The summed E-state index contributed by atoms with van der Waals surface area (Å²) in [5.41, 5.74) is 6.99. The van der Waals surface area contributed by atoms with Gasteiger partial charge in [-0.05, 0) is 61.5 Å². The molecule has 0 saturated heterocycles. The average molecular weight is 392 g/mol. The van der Waals surface area contributed by atoms with Crippen LogP contribution in [0.2, 0.25) is 5.02 Å². The number of nitrogens with one attached hydrogen (secondary N) is 3. The molecule has 0 unspecified atom stereocenters. The Morgan fingerprint density at radius 2 is 1.69 bits per heavy atom. The molecular formula is C18H18ClN3O3S. The number of carbonyl (C=O) groups excluding carboxylic acids is 2. The lowest BCUT2D eigenvalue weighted by molar-refractivity contribution is -0.123.